The molecule has 62 valence electrons. The quantitative estimate of drug-likeness (QED) is 0.563. The van der Waals surface area contributed by atoms with E-state index in [9.17, 15) is 0 Å². The molecule has 1 heteroatoms. The van der Waals surface area contributed by atoms with Crippen LogP contribution in [0.1, 0.15) is 46.5 Å². The summed E-state index contributed by atoms with van der Waals surface area (Å²) < 4.78 is 0. The Balaban J connectivity index is 2.89. The molecule has 0 aliphatic rings. The number of rotatable bonds is 6. The van der Waals surface area contributed by atoms with Crippen molar-refractivity contribution >= 4 is 0 Å². The molecule has 0 saturated carbocycles. The first kappa shape index (κ1) is 9.96. The minimum absolute atomic E-state index is 0.705. The number of nitrogens with one attached hydrogen (secondary N) is 1. The van der Waals surface area contributed by atoms with Crippen molar-refractivity contribution in [1.29, 1.82) is 0 Å². The van der Waals surface area contributed by atoms with Gasteiger partial charge in [0.25, 0.3) is 0 Å². The topological polar surface area (TPSA) is 12.0 Å². The highest BCUT2D eigenvalue weighted by molar-refractivity contribution is 4.56. The Morgan fingerprint density at radius 3 is 2.40 bits per heavy atom. The minimum atomic E-state index is 0.705. The summed E-state index contributed by atoms with van der Waals surface area (Å²) in [5, 5.41) is 3.47. The fourth-order valence-corrected chi connectivity index (χ4v) is 0.868. The van der Waals surface area contributed by atoms with Gasteiger partial charge in [0.1, 0.15) is 0 Å². The third-order valence-corrected chi connectivity index (χ3v) is 1.89. The van der Waals surface area contributed by atoms with E-state index in [1.165, 1.54) is 32.2 Å². The Kier molecular flexibility index (Phi) is 7.04. The molecule has 1 nitrogen and oxygen atoms in total. The van der Waals surface area contributed by atoms with Gasteiger partial charge in [-0.05, 0) is 26.3 Å². The lowest BCUT2D eigenvalue weighted by atomic mass is 10.2. The van der Waals surface area contributed by atoms with Crippen LogP contribution in [-0.2, 0) is 0 Å². The maximum absolute atomic E-state index is 3.47. The van der Waals surface area contributed by atoms with Gasteiger partial charge >= 0.3 is 0 Å². The van der Waals surface area contributed by atoms with Gasteiger partial charge in [-0.25, -0.2) is 0 Å². The van der Waals surface area contributed by atoms with E-state index in [4.69, 9.17) is 0 Å². The molecule has 0 heterocycles. The molecule has 0 bridgehead atoms. The van der Waals surface area contributed by atoms with Gasteiger partial charge in [0, 0.05) is 6.04 Å². The molecule has 1 N–H and O–H groups in total. The first-order valence-electron chi connectivity index (χ1n) is 4.54. The van der Waals surface area contributed by atoms with Crippen LogP contribution in [0.15, 0.2) is 0 Å². The molecular formula is C9H21N. The van der Waals surface area contributed by atoms with Crippen LogP contribution >= 0.6 is 0 Å². The molecule has 0 aromatic heterocycles. The van der Waals surface area contributed by atoms with E-state index >= 15 is 0 Å². The summed E-state index contributed by atoms with van der Waals surface area (Å²) in [6, 6.07) is 0.705. The molecule has 10 heavy (non-hydrogen) atoms. The summed E-state index contributed by atoms with van der Waals surface area (Å²) in [4.78, 5) is 0. The third kappa shape index (κ3) is 6.09. The molecular weight excluding hydrogens is 122 g/mol. The Hall–Kier alpha value is -0.0400. The van der Waals surface area contributed by atoms with Gasteiger partial charge in [-0.3, -0.25) is 0 Å². The fourth-order valence-electron chi connectivity index (χ4n) is 0.868. The second kappa shape index (κ2) is 7.07. The normalized spacial score (nSPS) is 13.5. The van der Waals surface area contributed by atoms with Crippen molar-refractivity contribution in [3.8, 4) is 0 Å². The highest BCUT2D eigenvalue weighted by Gasteiger charge is 1.94. The zero-order valence-electron chi connectivity index (χ0n) is 7.61. The summed E-state index contributed by atoms with van der Waals surface area (Å²) in [5.74, 6) is 0. The van der Waals surface area contributed by atoms with Crippen LogP contribution in [0.5, 0.6) is 0 Å². The highest BCUT2D eigenvalue weighted by Crippen LogP contribution is 1.93. The van der Waals surface area contributed by atoms with E-state index in [2.05, 4.69) is 26.1 Å². The molecule has 0 saturated heterocycles. The van der Waals surface area contributed by atoms with Crippen LogP contribution in [0.4, 0.5) is 0 Å². The Morgan fingerprint density at radius 2 is 1.90 bits per heavy atom. The van der Waals surface area contributed by atoms with Gasteiger partial charge in [0.2, 0.25) is 0 Å². The van der Waals surface area contributed by atoms with Gasteiger partial charge in [-0.1, -0.05) is 26.7 Å². The minimum Gasteiger partial charge on any atom is -0.314 e. The Morgan fingerprint density at radius 1 is 1.20 bits per heavy atom. The molecule has 0 aromatic carbocycles. The number of unbranched alkanes of at least 4 members (excludes halogenated alkanes) is 2. The third-order valence-electron chi connectivity index (χ3n) is 1.89. The molecule has 0 amide bonds. The SMILES string of the molecule is CCCCCNC(C)CC. The maximum atomic E-state index is 3.47. The largest absolute Gasteiger partial charge is 0.314 e. The summed E-state index contributed by atoms with van der Waals surface area (Å²) in [7, 11) is 0. The molecule has 0 radical (unpaired) electrons. The lowest BCUT2D eigenvalue weighted by Gasteiger charge is -2.09. The summed E-state index contributed by atoms with van der Waals surface area (Å²) in [5.41, 5.74) is 0. The zero-order chi connectivity index (χ0) is 7.82. The van der Waals surface area contributed by atoms with Crippen LogP contribution in [-0.4, -0.2) is 12.6 Å². The van der Waals surface area contributed by atoms with E-state index in [-0.39, 0.29) is 0 Å². The molecule has 0 fully saturated rings. The monoisotopic (exact) mass is 143 g/mol. The smallest absolute Gasteiger partial charge is 0.00360 e. The summed E-state index contributed by atoms with van der Waals surface area (Å²) in [6.07, 6.45) is 5.26. The first-order valence-corrected chi connectivity index (χ1v) is 4.54. The van der Waals surface area contributed by atoms with Crippen molar-refractivity contribution in [2.24, 2.45) is 0 Å². The predicted octanol–water partition coefficient (Wildman–Crippen LogP) is 2.56. The van der Waals surface area contributed by atoms with Crippen molar-refractivity contribution in [2.45, 2.75) is 52.5 Å². The van der Waals surface area contributed by atoms with E-state index in [1.54, 1.807) is 0 Å². The Bertz CT molecular complexity index is 61.7. The van der Waals surface area contributed by atoms with Crippen LogP contribution in [0.3, 0.4) is 0 Å². The van der Waals surface area contributed by atoms with Crippen molar-refractivity contribution in [1.82, 2.24) is 5.32 Å². The standard InChI is InChI=1S/C9H21N/c1-4-6-7-8-10-9(3)5-2/h9-10H,4-8H2,1-3H3. The Labute approximate surface area is 65.2 Å². The van der Waals surface area contributed by atoms with Crippen LogP contribution < -0.4 is 5.32 Å². The average molecular weight is 143 g/mol. The lowest BCUT2D eigenvalue weighted by Crippen LogP contribution is -2.25. The molecule has 0 spiro atoms. The van der Waals surface area contributed by atoms with Crippen LogP contribution in [0.25, 0.3) is 0 Å². The molecule has 0 aromatic rings. The van der Waals surface area contributed by atoms with Gasteiger partial charge in [0.05, 0.1) is 0 Å². The van der Waals surface area contributed by atoms with Crippen molar-refractivity contribution in [2.75, 3.05) is 6.54 Å². The summed E-state index contributed by atoms with van der Waals surface area (Å²) >= 11 is 0. The molecule has 1 atom stereocenters. The van der Waals surface area contributed by atoms with E-state index in [0.717, 1.165) is 0 Å². The maximum Gasteiger partial charge on any atom is 0.00360 e. The molecule has 0 rings (SSSR count). The number of hydrogen-bond acceptors (Lipinski definition) is 1. The van der Waals surface area contributed by atoms with Crippen molar-refractivity contribution in [3.05, 3.63) is 0 Å². The van der Waals surface area contributed by atoms with Crippen LogP contribution in [0.2, 0.25) is 0 Å². The number of hydrogen-bond donors (Lipinski definition) is 1. The van der Waals surface area contributed by atoms with Crippen molar-refractivity contribution in [3.63, 3.8) is 0 Å². The van der Waals surface area contributed by atoms with Crippen molar-refractivity contribution < 1.29 is 0 Å². The fraction of sp³-hybridized carbons (Fsp3) is 1.00. The van der Waals surface area contributed by atoms with Gasteiger partial charge in [-0.2, -0.15) is 0 Å². The molecule has 0 aliphatic heterocycles. The highest BCUT2D eigenvalue weighted by atomic mass is 14.9. The molecule has 1 unspecified atom stereocenters. The lowest BCUT2D eigenvalue weighted by molar-refractivity contribution is 0.514. The zero-order valence-corrected chi connectivity index (χ0v) is 7.61. The van der Waals surface area contributed by atoms with Gasteiger partial charge in [0.15, 0.2) is 0 Å². The second-order valence-electron chi connectivity index (χ2n) is 2.97. The van der Waals surface area contributed by atoms with E-state index in [1.807, 2.05) is 0 Å². The van der Waals surface area contributed by atoms with Crippen LogP contribution in [0, 0.1) is 0 Å². The van der Waals surface area contributed by atoms with Gasteiger partial charge in [-0.15, -0.1) is 0 Å². The second-order valence-corrected chi connectivity index (χ2v) is 2.97. The van der Waals surface area contributed by atoms with E-state index < -0.39 is 0 Å². The summed E-state index contributed by atoms with van der Waals surface area (Å²) in [6.45, 7) is 7.90. The molecule has 0 aliphatic carbocycles. The average Bonchev–Trinajstić information content (AvgIpc) is 1.98. The first-order chi connectivity index (χ1) is 4.81. The predicted molar refractivity (Wildman–Crippen MR) is 47.3 cm³/mol. The van der Waals surface area contributed by atoms with Gasteiger partial charge < -0.3 is 5.32 Å². The van der Waals surface area contributed by atoms with E-state index in [0.29, 0.717) is 6.04 Å².